The van der Waals surface area contributed by atoms with Gasteiger partial charge < -0.3 is 9.73 Å². The van der Waals surface area contributed by atoms with Crippen molar-refractivity contribution in [2.24, 2.45) is 0 Å². The van der Waals surface area contributed by atoms with Crippen LogP contribution in [0.25, 0.3) is 6.08 Å². The number of halogens is 1. The van der Waals surface area contributed by atoms with E-state index < -0.39 is 0 Å². The van der Waals surface area contributed by atoms with Gasteiger partial charge in [0, 0.05) is 6.08 Å². The molecule has 106 valence electrons. The lowest BCUT2D eigenvalue weighted by Gasteiger charge is -2.15. The standard InChI is InChI=1S/C15H11ClN2O2S/c1-9-6-7-10(20-9)8-12-14(19)18(15(21)17-12)13-5-3-2-4-11(13)16/h2-8H,1H3,(H,17,21)/b12-8-. The Balaban J connectivity index is 1.96. The fraction of sp³-hybridized carbons (Fsp3) is 0.0667. The summed E-state index contributed by atoms with van der Waals surface area (Å²) >= 11 is 11.3. The third kappa shape index (κ3) is 2.57. The molecule has 2 heterocycles. The van der Waals surface area contributed by atoms with Gasteiger partial charge in [0.05, 0.1) is 10.7 Å². The van der Waals surface area contributed by atoms with Crippen LogP contribution in [0.3, 0.4) is 0 Å². The quantitative estimate of drug-likeness (QED) is 0.680. The Hall–Kier alpha value is -2.11. The van der Waals surface area contributed by atoms with E-state index in [2.05, 4.69) is 5.32 Å². The number of carbonyl (C=O) groups is 1. The van der Waals surface area contributed by atoms with Crippen LogP contribution in [-0.2, 0) is 4.79 Å². The first-order valence-corrected chi connectivity index (χ1v) is 7.03. The highest BCUT2D eigenvalue weighted by Crippen LogP contribution is 2.29. The summed E-state index contributed by atoms with van der Waals surface area (Å²) in [5, 5.41) is 3.64. The number of para-hydroxylation sites is 1. The smallest absolute Gasteiger partial charge is 0.281 e. The number of amides is 1. The Morgan fingerprint density at radius 2 is 2.05 bits per heavy atom. The van der Waals surface area contributed by atoms with Crippen LogP contribution in [0.15, 0.2) is 46.5 Å². The number of hydrogen-bond acceptors (Lipinski definition) is 3. The van der Waals surface area contributed by atoms with Crippen LogP contribution < -0.4 is 10.2 Å². The number of hydrogen-bond donors (Lipinski definition) is 1. The number of nitrogens with zero attached hydrogens (tertiary/aromatic N) is 1. The number of furan rings is 1. The molecule has 0 aliphatic carbocycles. The summed E-state index contributed by atoms with van der Waals surface area (Å²) in [5.74, 6) is 1.10. The first-order chi connectivity index (χ1) is 10.1. The van der Waals surface area contributed by atoms with Gasteiger partial charge in [-0.05, 0) is 43.4 Å². The molecule has 0 bridgehead atoms. The molecule has 21 heavy (non-hydrogen) atoms. The zero-order chi connectivity index (χ0) is 15.0. The molecule has 1 N–H and O–H groups in total. The van der Waals surface area contributed by atoms with E-state index >= 15 is 0 Å². The minimum atomic E-state index is -0.262. The average Bonchev–Trinajstić information content (AvgIpc) is 2.96. The van der Waals surface area contributed by atoms with E-state index in [1.165, 1.54) is 4.90 Å². The summed E-state index contributed by atoms with van der Waals surface area (Å²) in [5.41, 5.74) is 0.912. The number of benzene rings is 1. The van der Waals surface area contributed by atoms with Crippen LogP contribution in [-0.4, -0.2) is 11.0 Å². The Kier molecular flexibility index (Phi) is 3.53. The minimum absolute atomic E-state index is 0.262. The predicted molar refractivity (Wildman–Crippen MR) is 86.1 cm³/mol. The van der Waals surface area contributed by atoms with E-state index in [-0.39, 0.29) is 5.91 Å². The lowest BCUT2D eigenvalue weighted by Crippen LogP contribution is -2.30. The molecular weight excluding hydrogens is 308 g/mol. The molecule has 3 rings (SSSR count). The molecule has 1 saturated heterocycles. The van der Waals surface area contributed by atoms with E-state index in [9.17, 15) is 4.79 Å². The molecule has 4 nitrogen and oxygen atoms in total. The number of rotatable bonds is 2. The molecule has 1 aliphatic heterocycles. The molecule has 1 aromatic heterocycles. The Morgan fingerprint density at radius 1 is 1.29 bits per heavy atom. The fourth-order valence-corrected chi connectivity index (χ4v) is 2.57. The summed E-state index contributed by atoms with van der Waals surface area (Å²) < 4.78 is 5.44. The van der Waals surface area contributed by atoms with E-state index in [1.54, 1.807) is 36.4 Å². The highest BCUT2D eigenvalue weighted by Gasteiger charge is 2.33. The number of aryl methyl sites for hydroxylation is 1. The van der Waals surface area contributed by atoms with E-state index in [1.807, 2.05) is 13.0 Å². The van der Waals surface area contributed by atoms with Gasteiger partial charge in [-0.25, -0.2) is 0 Å². The van der Waals surface area contributed by atoms with Gasteiger partial charge in [-0.1, -0.05) is 23.7 Å². The van der Waals surface area contributed by atoms with Crippen LogP contribution >= 0.6 is 23.8 Å². The molecule has 0 atom stereocenters. The van der Waals surface area contributed by atoms with Gasteiger partial charge in [-0.15, -0.1) is 0 Å². The van der Waals surface area contributed by atoms with Gasteiger partial charge in [-0.2, -0.15) is 0 Å². The first-order valence-electron chi connectivity index (χ1n) is 6.24. The lowest BCUT2D eigenvalue weighted by atomic mass is 10.2. The molecule has 1 amide bonds. The van der Waals surface area contributed by atoms with Crippen LogP contribution in [0.1, 0.15) is 11.5 Å². The predicted octanol–water partition coefficient (Wildman–Crippen LogP) is 3.50. The topological polar surface area (TPSA) is 45.5 Å². The number of thiocarbonyl (C=S) groups is 1. The van der Waals surface area contributed by atoms with E-state index in [0.717, 1.165) is 5.76 Å². The molecule has 0 unspecified atom stereocenters. The van der Waals surface area contributed by atoms with Crippen molar-refractivity contribution in [1.29, 1.82) is 0 Å². The maximum absolute atomic E-state index is 12.5. The molecule has 6 heteroatoms. The van der Waals surface area contributed by atoms with Crippen molar-refractivity contribution in [2.45, 2.75) is 6.92 Å². The molecule has 1 fully saturated rings. The molecular formula is C15H11ClN2O2S. The third-order valence-electron chi connectivity index (χ3n) is 3.02. The lowest BCUT2D eigenvalue weighted by molar-refractivity contribution is -0.113. The summed E-state index contributed by atoms with van der Waals surface area (Å²) in [6.45, 7) is 1.84. The highest BCUT2D eigenvalue weighted by atomic mass is 35.5. The van der Waals surface area contributed by atoms with Crippen molar-refractivity contribution in [2.75, 3.05) is 4.90 Å². The minimum Gasteiger partial charge on any atom is -0.462 e. The normalized spacial score (nSPS) is 16.7. The second kappa shape index (κ2) is 5.35. The Labute approximate surface area is 132 Å². The fourth-order valence-electron chi connectivity index (χ4n) is 2.06. The van der Waals surface area contributed by atoms with Gasteiger partial charge in [0.2, 0.25) is 0 Å². The van der Waals surface area contributed by atoms with Gasteiger partial charge in [0.15, 0.2) is 5.11 Å². The molecule has 2 aromatic rings. The van der Waals surface area contributed by atoms with Gasteiger partial charge in [0.1, 0.15) is 17.2 Å². The molecule has 1 aliphatic rings. The van der Waals surface area contributed by atoms with Crippen molar-refractivity contribution in [3.8, 4) is 0 Å². The first kappa shape index (κ1) is 13.9. The zero-order valence-electron chi connectivity index (χ0n) is 11.1. The number of carbonyl (C=O) groups excluding carboxylic acids is 1. The number of nitrogens with one attached hydrogen (secondary N) is 1. The van der Waals surface area contributed by atoms with E-state index in [0.29, 0.717) is 27.3 Å². The van der Waals surface area contributed by atoms with Crippen LogP contribution in [0.5, 0.6) is 0 Å². The van der Waals surface area contributed by atoms with Crippen molar-refractivity contribution in [1.82, 2.24) is 5.32 Å². The molecule has 1 aromatic carbocycles. The highest BCUT2D eigenvalue weighted by molar-refractivity contribution is 7.80. The summed E-state index contributed by atoms with van der Waals surface area (Å²) in [7, 11) is 0. The van der Waals surface area contributed by atoms with Crippen molar-refractivity contribution < 1.29 is 9.21 Å². The number of anilines is 1. The van der Waals surface area contributed by atoms with Gasteiger partial charge in [-0.3, -0.25) is 9.69 Å². The van der Waals surface area contributed by atoms with Crippen molar-refractivity contribution in [3.63, 3.8) is 0 Å². The Bertz CT molecular complexity index is 767. The monoisotopic (exact) mass is 318 g/mol. The van der Waals surface area contributed by atoms with Crippen molar-refractivity contribution >= 4 is 46.6 Å². The van der Waals surface area contributed by atoms with Crippen LogP contribution in [0, 0.1) is 6.92 Å². The molecule has 0 saturated carbocycles. The maximum Gasteiger partial charge on any atom is 0.281 e. The summed E-state index contributed by atoms with van der Waals surface area (Å²) in [4.78, 5) is 13.9. The van der Waals surface area contributed by atoms with E-state index in [4.69, 9.17) is 28.2 Å². The van der Waals surface area contributed by atoms with Crippen LogP contribution in [0.4, 0.5) is 5.69 Å². The molecule has 0 radical (unpaired) electrons. The van der Waals surface area contributed by atoms with Gasteiger partial charge in [0.25, 0.3) is 5.91 Å². The zero-order valence-corrected chi connectivity index (χ0v) is 12.7. The summed E-state index contributed by atoms with van der Waals surface area (Å²) in [6, 6.07) is 10.7. The third-order valence-corrected chi connectivity index (χ3v) is 3.62. The molecule has 0 spiro atoms. The van der Waals surface area contributed by atoms with Gasteiger partial charge >= 0.3 is 0 Å². The maximum atomic E-state index is 12.5. The second-order valence-electron chi connectivity index (χ2n) is 4.53. The summed E-state index contributed by atoms with van der Waals surface area (Å²) in [6.07, 6.45) is 1.62. The Morgan fingerprint density at radius 3 is 2.71 bits per heavy atom. The average molecular weight is 319 g/mol. The van der Waals surface area contributed by atoms with Crippen LogP contribution in [0.2, 0.25) is 5.02 Å². The second-order valence-corrected chi connectivity index (χ2v) is 5.32. The SMILES string of the molecule is Cc1ccc(/C=C2\NC(=S)N(c3ccccc3Cl)C2=O)o1. The largest absolute Gasteiger partial charge is 0.462 e. The van der Waals surface area contributed by atoms with Crippen molar-refractivity contribution in [3.05, 3.63) is 58.6 Å².